The molecule has 0 fully saturated rings. The van der Waals surface area contributed by atoms with E-state index in [1.807, 2.05) is 36.4 Å². The number of benzene rings is 2. The summed E-state index contributed by atoms with van der Waals surface area (Å²) in [6, 6.07) is 15.7. The molecule has 21 heavy (non-hydrogen) atoms. The van der Waals surface area contributed by atoms with E-state index in [9.17, 15) is 4.79 Å². The van der Waals surface area contributed by atoms with E-state index in [0.717, 1.165) is 12.0 Å². The molecule has 0 saturated heterocycles. The number of amides is 1. The van der Waals surface area contributed by atoms with Crippen molar-refractivity contribution < 1.29 is 4.79 Å². The van der Waals surface area contributed by atoms with Crippen LogP contribution in [0.1, 0.15) is 22.7 Å². The van der Waals surface area contributed by atoms with Crippen molar-refractivity contribution >= 4 is 33.4 Å². The van der Waals surface area contributed by atoms with Crippen LogP contribution in [0.15, 0.2) is 48.5 Å². The van der Waals surface area contributed by atoms with Crippen LogP contribution in [0.2, 0.25) is 5.02 Å². The number of carbonyl (C=O) groups excluding carboxylic acids is 1. The van der Waals surface area contributed by atoms with Gasteiger partial charge in [0.1, 0.15) is 0 Å². The number of rotatable bonds is 3. The lowest BCUT2D eigenvalue weighted by Crippen LogP contribution is -2.32. The van der Waals surface area contributed by atoms with Gasteiger partial charge in [-0.15, -0.1) is 0 Å². The Morgan fingerprint density at radius 3 is 2.86 bits per heavy atom. The number of carbonyl (C=O) groups is 1. The summed E-state index contributed by atoms with van der Waals surface area (Å²) in [6.07, 6.45) is 1.29. The average Bonchev–Trinajstić information content (AvgIpc) is 2.75. The molecule has 4 heteroatoms. The Balaban J connectivity index is 1.70. The van der Waals surface area contributed by atoms with E-state index in [2.05, 4.69) is 33.4 Å². The van der Waals surface area contributed by atoms with Gasteiger partial charge in [0, 0.05) is 9.85 Å². The molecule has 2 nitrogen and oxygen atoms in total. The lowest BCUT2D eigenvalue weighted by atomic mass is 10.1. The van der Waals surface area contributed by atoms with Gasteiger partial charge in [0.25, 0.3) is 0 Å². The van der Waals surface area contributed by atoms with Crippen molar-refractivity contribution in [2.75, 3.05) is 0 Å². The van der Waals surface area contributed by atoms with Crippen molar-refractivity contribution in [3.8, 4) is 0 Å². The molecule has 1 aliphatic carbocycles. The van der Waals surface area contributed by atoms with Crippen LogP contribution >= 0.6 is 27.5 Å². The first kappa shape index (κ1) is 14.6. The van der Waals surface area contributed by atoms with Crippen LogP contribution in [0.25, 0.3) is 0 Å². The Hall–Kier alpha value is -1.32. The minimum Gasteiger partial charge on any atom is -0.348 e. The second-order valence-electron chi connectivity index (χ2n) is 5.27. The molecule has 2 unspecified atom stereocenters. The molecule has 2 atom stereocenters. The molecule has 0 radical (unpaired) electrons. The summed E-state index contributed by atoms with van der Waals surface area (Å²) in [5.41, 5.74) is 3.43. The molecule has 1 N–H and O–H groups in total. The van der Waals surface area contributed by atoms with E-state index in [0.29, 0.717) is 11.4 Å². The highest BCUT2D eigenvalue weighted by Crippen LogP contribution is 2.35. The van der Waals surface area contributed by atoms with Crippen molar-refractivity contribution in [2.45, 2.75) is 23.7 Å². The molecule has 0 saturated carbocycles. The third-order valence-electron chi connectivity index (χ3n) is 3.74. The summed E-state index contributed by atoms with van der Waals surface area (Å²) in [6.45, 7) is 0. The topological polar surface area (TPSA) is 29.1 Å². The summed E-state index contributed by atoms with van der Waals surface area (Å²) in [5.74, 6) is 0.0171. The smallest absolute Gasteiger partial charge is 0.224 e. The van der Waals surface area contributed by atoms with Crippen molar-refractivity contribution in [3.05, 3.63) is 70.2 Å². The summed E-state index contributed by atoms with van der Waals surface area (Å²) in [5, 5.41) is 3.78. The minimum absolute atomic E-state index is 0.0171. The standard InChI is InChI=1S/C17H15BrClNO/c18-15-10-12-5-1-2-7-14(12)17(15)20-16(21)9-11-4-3-6-13(19)8-11/h1-8,15,17H,9-10H2,(H,20,21). The van der Waals surface area contributed by atoms with Gasteiger partial charge in [0.2, 0.25) is 5.91 Å². The van der Waals surface area contributed by atoms with Crippen molar-refractivity contribution in [2.24, 2.45) is 0 Å². The highest BCUT2D eigenvalue weighted by Gasteiger charge is 2.31. The fourth-order valence-electron chi connectivity index (χ4n) is 2.77. The molecule has 2 aromatic rings. The van der Waals surface area contributed by atoms with E-state index >= 15 is 0 Å². The third-order valence-corrected chi connectivity index (χ3v) is 4.82. The van der Waals surface area contributed by atoms with Crippen LogP contribution in [0.5, 0.6) is 0 Å². The molecular formula is C17H15BrClNO. The normalized spacial score (nSPS) is 20.1. The van der Waals surface area contributed by atoms with Gasteiger partial charge < -0.3 is 5.32 Å². The van der Waals surface area contributed by atoms with Crippen LogP contribution in [-0.2, 0) is 17.6 Å². The zero-order valence-electron chi connectivity index (χ0n) is 11.4. The molecule has 108 valence electrons. The maximum atomic E-state index is 12.3. The van der Waals surface area contributed by atoms with Gasteiger partial charge in [-0.1, -0.05) is 63.9 Å². The fraction of sp³-hybridized carbons (Fsp3) is 0.235. The van der Waals surface area contributed by atoms with Gasteiger partial charge in [-0.05, 0) is 35.2 Å². The largest absolute Gasteiger partial charge is 0.348 e. The Bertz CT molecular complexity index is 673. The number of nitrogens with one attached hydrogen (secondary N) is 1. The highest BCUT2D eigenvalue weighted by atomic mass is 79.9. The van der Waals surface area contributed by atoms with Crippen molar-refractivity contribution in [1.29, 1.82) is 0 Å². The molecular weight excluding hydrogens is 350 g/mol. The average molecular weight is 365 g/mol. The van der Waals surface area contributed by atoms with Gasteiger partial charge in [-0.3, -0.25) is 4.79 Å². The van der Waals surface area contributed by atoms with Gasteiger partial charge >= 0.3 is 0 Å². The highest BCUT2D eigenvalue weighted by molar-refractivity contribution is 9.09. The monoisotopic (exact) mass is 363 g/mol. The quantitative estimate of drug-likeness (QED) is 0.818. The molecule has 3 rings (SSSR count). The fourth-order valence-corrected chi connectivity index (χ4v) is 3.75. The van der Waals surface area contributed by atoms with E-state index < -0.39 is 0 Å². The molecule has 0 aromatic heterocycles. The first-order valence-corrected chi connectivity index (χ1v) is 8.18. The van der Waals surface area contributed by atoms with E-state index in [1.54, 1.807) is 0 Å². The Labute approximate surface area is 137 Å². The number of alkyl halides is 1. The van der Waals surface area contributed by atoms with Gasteiger partial charge in [0.15, 0.2) is 0 Å². The van der Waals surface area contributed by atoms with Gasteiger partial charge in [0.05, 0.1) is 12.5 Å². The molecule has 0 bridgehead atoms. The molecule has 1 amide bonds. The number of hydrogen-bond donors (Lipinski definition) is 1. The maximum absolute atomic E-state index is 12.3. The van der Waals surface area contributed by atoms with Gasteiger partial charge in [-0.2, -0.15) is 0 Å². The SMILES string of the molecule is O=C(Cc1cccc(Cl)c1)NC1c2ccccc2CC1Br. The predicted octanol–water partition coefficient (Wildman–Crippen LogP) is 4.06. The lowest BCUT2D eigenvalue weighted by Gasteiger charge is -2.17. The van der Waals surface area contributed by atoms with Crippen molar-refractivity contribution in [3.63, 3.8) is 0 Å². The summed E-state index contributed by atoms with van der Waals surface area (Å²) >= 11 is 9.62. The molecule has 0 spiro atoms. The predicted molar refractivity (Wildman–Crippen MR) is 88.9 cm³/mol. The third kappa shape index (κ3) is 3.30. The van der Waals surface area contributed by atoms with Crippen LogP contribution < -0.4 is 5.32 Å². The second kappa shape index (κ2) is 6.20. The summed E-state index contributed by atoms with van der Waals surface area (Å²) in [4.78, 5) is 12.5. The van der Waals surface area contributed by atoms with Crippen LogP contribution in [0.3, 0.4) is 0 Å². The molecule has 2 aromatic carbocycles. The molecule has 0 aliphatic heterocycles. The Morgan fingerprint density at radius 2 is 2.05 bits per heavy atom. The number of hydrogen-bond acceptors (Lipinski definition) is 1. The first-order valence-electron chi connectivity index (χ1n) is 6.89. The van der Waals surface area contributed by atoms with Crippen LogP contribution in [0.4, 0.5) is 0 Å². The van der Waals surface area contributed by atoms with Crippen molar-refractivity contribution in [1.82, 2.24) is 5.32 Å². The van der Waals surface area contributed by atoms with E-state index in [1.165, 1.54) is 11.1 Å². The zero-order valence-corrected chi connectivity index (χ0v) is 13.7. The summed E-state index contributed by atoms with van der Waals surface area (Å²) in [7, 11) is 0. The lowest BCUT2D eigenvalue weighted by molar-refractivity contribution is -0.121. The van der Waals surface area contributed by atoms with Crippen LogP contribution in [-0.4, -0.2) is 10.7 Å². The number of fused-ring (bicyclic) bond motifs is 1. The Morgan fingerprint density at radius 1 is 1.24 bits per heavy atom. The number of halogens is 2. The summed E-state index contributed by atoms with van der Waals surface area (Å²) < 4.78 is 0. The molecule has 1 aliphatic rings. The minimum atomic E-state index is 0.0171. The second-order valence-corrected chi connectivity index (χ2v) is 6.88. The van der Waals surface area contributed by atoms with Crippen LogP contribution in [0, 0.1) is 0 Å². The Kier molecular flexibility index (Phi) is 4.32. The van der Waals surface area contributed by atoms with E-state index in [-0.39, 0.29) is 16.8 Å². The zero-order chi connectivity index (χ0) is 14.8. The molecule has 0 heterocycles. The van der Waals surface area contributed by atoms with Gasteiger partial charge in [-0.25, -0.2) is 0 Å². The van der Waals surface area contributed by atoms with E-state index in [4.69, 9.17) is 11.6 Å². The maximum Gasteiger partial charge on any atom is 0.224 e. The first-order chi connectivity index (χ1) is 10.1.